The molecule has 4 rings (SSSR count). The van der Waals surface area contributed by atoms with E-state index in [2.05, 4.69) is 53.5 Å². The number of aromatic nitrogens is 1. The standard InChI is InChI=1S/C21H16NO.C15H28O2.Ir/c1-14-7-8-20(15(2)9-14)23-21-12-18-10-16-5-3-4-6-17(16)11-19(18)13-22-21;1-7-14(5,8-2)12(16)11-13(17)15(6,9-3)10-4;/h3-7,9-13H,1-2H3;11,16H,7-10H2,1-6H3;/q-1;;/b;12-11-;. The van der Waals surface area contributed by atoms with Crippen molar-refractivity contribution in [3.8, 4) is 11.6 Å². The number of aliphatic hydroxyl groups is 1. The first-order valence-corrected chi connectivity index (χ1v) is 14.4. The normalized spacial score (nSPS) is 12.0. The number of rotatable bonds is 9. The van der Waals surface area contributed by atoms with Crippen LogP contribution in [0.4, 0.5) is 0 Å². The predicted molar refractivity (Wildman–Crippen MR) is 167 cm³/mol. The number of allylic oxidation sites excluding steroid dienone is 2. The molecule has 1 aromatic heterocycles. The number of ketones is 1. The second-order valence-corrected chi connectivity index (χ2v) is 11.3. The number of benzene rings is 3. The quantitative estimate of drug-likeness (QED) is 0.0806. The van der Waals surface area contributed by atoms with Gasteiger partial charge in [-0.15, -0.1) is 11.6 Å². The fourth-order valence-corrected chi connectivity index (χ4v) is 4.51. The summed E-state index contributed by atoms with van der Waals surface area (Å²) < 4.78 is 5.92. The maximum Gasteiger partial charge on any atom is 0.217 e. The molecule has 1 heterocycles. The summed E-state index contributed by atoms with van der Waals surface area (Å²) in [6, 6.07) is 21.8. The third-order valence-corrected chi connectivity index (χ3v) is 8.60. The number of fused-ring (bicyclic) bond motifs is 2. The Kier molecular flexibility index (Phi) is 12.3. The van der Waals surface area contributed by atoms with Gasteiger partial charge in [0.25, 0.3) is 0 Å². The summed E-state index contributed by atoms with van der Waals surface area (Å²) in [7, 11) is 0. The van der Waals surface area contributed by atoms with Crippen LogP contribution in [0.5, 0.6) is 11.6 Å². The minimum absolute atomic E-state index is 0. The number of aliphatic hydroxyl groups excluding tert-OH is 1. The van der Waals surface area contributed by atoms with Crippen molar-refractivity contribution in [2.45, 2.75) is 81.1 Å². The third-order valence-electron chi connectivity index (χ3n) is 8.60. The molecule has 0 aliphatic rings. The number of aryl methyl sites for hydroxylation is 2. The van der Waals surface area contributed by atoms with Crippen LogP contribution in [0.25, 0.3) is 21.5 Å². The number of carbonyl (C=O) groups is 1. The van der Waals surface area contributed by atoms with Crippen molar-refractivity contribution in [1.82, 2.24) is 4.98 Å². The topological polar surface area (TPSA) is 59.4 Å². The Morgan fingerprint density at radius 2 is 1.44 bits per heavy atom. The van der Waals surface area contributed by atoms with E-state index in [1.54, 1.807) is 0 Å². The molecular weight excluding hydrogens is 687 g/mol. The zero-order valence-electron chi connectivity index (χ0n) is 25.7. The van der Waals surface area contributed by atoms with E-state index in [1.807, 2.05) is 73.7 Å². The van der Waals surface area contributed by atoms with Crippen LogP contribution in [0.3, 0.4) is 0 Å². The van der Waals surface area contributed by atoms with Gasteiger partial charge in [0.2, 0.25) is 5.88 Å². The van der Waals surface area contributed by atoms with Crippen LogP contribution in [-0.4, -0.2) is 15.9 Å². The fraction of sp³-hybridized carbons (Fsp3) is 0.389. The Hall–Kier alpha value is -3.01. The van der Waals surface area contributed by atoms with Crippen molar-refractivity contribution in [2.75, 3.05) is 0 Å². The van der Waals surface area contributed by atoms with E-state index >= 15 is 0 Å². The monoisotopic (exact) mass is 731 g/mol. The molecule has 0 bridgehead atoms. The average molecular weight is 731 g/mol. The molecule has 41 heavy (non-hydrogen) atoms. The Morgan fingerprint density at radius 1 is 0.878 bits per heavy atom. The van der Waals surface area contributed by atoms with Gasteiger partial charge in [0.15, 0.2) is 5.78 Å². The van der Waals surface area contributed by atoms with Crippen molar-refractivity contribution < 1.29 is 34.7 Å². The zero-order valence-corrected chi connectivity index (χ0v) is 28.1. The van der Waals surface area contributed by atoms with E-state index in [9.17, 15) is 9.90 Å². The minimum atomic E-state index is -0.337. The number of hydrogen-bond donors (Lipinski definition) is 1. The van der Waals surface area contributed by atoms with Gasteiger partial charge in [0.05, 0.1) is 0 Å². The maximum atomic E-state index is 12.2. The van der Waals surface area contributed by atoms with Crippen molar-refractivity contribution in [3.05, 3.63) is 89.8 Å². The van der Waals surface area contributed by atoms with E-state index in [0.717, 1.165) is 47.8 Å². The molecule has 4 nitrogen and oxygen atoms in total. The SMILES string of the molecule is CCC(C)(CC)C(=O)/C=C(\O)C(C)(CC)CC.Cc1c[c-]c(Oc2cc3cc4ccccc4cc3cn2)c(C)c1.[Ir]. The van der Waals surface area contributed by atoms with E-state index in [1.165, 1.54) is 22.4 Å². The second kappa shape index (κ2) is 14.8. The number of hydrogen-bond acceptors (Lipinski definition) is 4. The largest absolute Gasteiger partial charge is 0.512 e. The Morgan fingerprint density at radius 3 is 1.98 bits per heavy atom. The number of nitrogens with zero attached hydrogens (tertiary/aromatic N) is 1. The molecular formula is C36H44IrNO3-. The van der Waals surface area contributed by atoms with Gasteiger partial charge in [-0.3, -0.25) is 4.79 Å². The third kappa shape index (κ3) is 8.27. The van der Waals surface area contributed by atoms with Crippen LogP contribution in [0.15, 0.2) is 72.6 Å². The van der Waals surface area contributed by atoms with Crippen molar-refractivity contribution in [2.24, 2.45) is 10.8 Å². The van der Waals surface area contributed by atoms with Gasteiger partial charge < -0.3 is 9.84 Å². The second-order valence-electron chi connectivity index (χ2n) is 11.3. The first kappa shape index (κ1) is 34.2. The van der Waals surface area contributed by atoms with Crippen LogP contribution in [0, 0.1) is 30.7 Å². The first-order chi connectivity index (χ1) is 19.0. The molecule has 0 fully saturated rings. The molecule has 0 unspecified atom stereocenters. The molecule has 0 aliphatic heterocycles. The molecule has 0 saturated carbocycles. The fourth-order valence-electron chi connectivity index (χ4n) is 4.51. The minimum Gasteiger partial charge on any atom is -0.512 e. The molecule has 1 radical (unpaired) electrons. The van der Waals surface area contributed by atoms with Crippen LogP contribution >= 0.6 is 0 Å². The van der Waals surface area contributed by atoms with Gasteiger partial charge in [-0.2, -0.15) is 17.7 Å². The van der Waals surface area contributed by atoms with Gasteiger partial charge in [-0.05, 0) is 54.0 Å². The molecule has 4 aromatic rings. The summed E-state index contributed by atoms with van der Waals surface area (Å²) in [6.45, 7) is 16.2. The summed E-state index contributed by atoms with van der Waals surface area (Å²) in [5.74, 6) is 1.60. The van der Waals surface area contributed by atoms with E-state index < -0.39 is 0 Å². The van der Waals surface area contributed by atoms with Gasteiger partial charge >= 0.3 is 0 Å². The molecule has 0 amide bonds. The summed E-state index contributed by atoms with van der Waals surface area (Å²) in [6.07, 6.45) is 6.62. The molecule has 221 valence electrons. The van der Waals surface area contributed by atoms with Crippen molar-refractivity contribution >= 4 is 27.3 Å². The number of pyridine rings is 1. The first-order valence-electron chi connectivity index (χ1n) is 14.4. The van der Waals surface area contributed by atoms with Gasteiger partial charge in [0, 0.05) is 60.4 Å². The predicted octanol–water partition coefficient (Wildman–Crippen LogP) is 10.2. The van der Waals surface area contributed by atoms with Crippen molar-refractivity contribution in [3.63, 3.8) is 0 Å². The van der Waals surface area contributed by atoms with Gasteiger partial charge in [0.1, 0.15) is 5.76 Å². The van der Waals surface area contributed by atoms with Gasteiger partial charge in [-0.25, -0.2) is 4.98 Å². The van der Waals surface area contributed by atoms with E-state index in [-0.39, 0.29) is 42.5 Å². The zero-order chi connectivity index (χ0) is 29.5. The van der Waals surface area contributed by atoms with Crippen LogP contribution in [-0.2, 0) is 24.9 Å². The summed E-state index contributed by atoms with van der Waals surface area (Å²) in [5, 5.41) is 14.8. The van der Waals surface area contributed by atoms with Crippen LogP contribution in [0.1, 0.15) is 78.4 Å². The molecule has 3 aromatic carbocycles. The van der Waals surface area contributed by atoms with Crippen LogP contribution < -0.4 is 4.74 Å². The molecule has 0 atom stereocenters. The Bertz CT molecular complexity index is 1500. The summed E-state index contributed by atoms with van der Waals surface area (Å²) in [5.41, 5.74) is 1.63. The van der Waals surface area contributed by atoms with Crippen molar-refractivity contribution in [1.29, 1.82) is 0 Å². The molecule has 0 aliphatic carbocycles. The Balaban J connectivity index is 0.000000296. The molecule has 5 heteroatoms. The van der Waals surface area contributed by atoms with Gasteiger partial charge in [-0.1, -0.05) is 79.7 Å². The maximum absolute atomic E-state index is 12.2. The summed E-state index contributed by atoms with van der Waals surface area (Å²) in [4.78, 5) is 16.6. The average Bonchev–Trinajstić information content (AvgIpc) is 2.96. The molecule has 0 spiro atoms. The van der Waals surface area contributed by atoms with E-state index in [0.29, 0.717) is 5.88 Å². The Labute approximate surface area is 259 Å². The number of ether oxygens (including phenoxy) is 1. The van der Waals surface area contributed by atoms with E-state index in [4.69, 9.17) is 4.74 Å². The molecule has 1 N–H and O–H groups in total. The smallest absolute Gasteiger partial charge is 0.217 e. The van der Waals surface area contributed by atoms with Crippen LogP contribution in [0.2, 0.25) is 0 Å². The molecule has 0 saturated heterocycles. The number of carbonyl (C=O) groups excluding carboxylic acids is 1. The summed E-state index contributed by atoms with van der Waals surface area (Å²) >= 11 is 0.